The van der Waals surface area contributed by atoms with E-state index in [1.165, 1.54) is 11.3 Å². The first-order valence-electron chi connectivity index (χ1n) is 7.57. The summed E-state index contributed by atoms with van der Waals surface area (Å²) in [4.78, 5) is 29.4. The van der Waals surface area contributed by atoms with Gasteiger partial charge in [0.05, 0.1) is 17.5 Å². The molecule has 0 saturated heterocycles. The molecule has 1 fully saturated rings. The van der Waals surface area contributed by atoms with Crippen molar-refractivity contribution in [3.8, 4) is 0 Å². The van der Waals surface area contributed by atoms with Gasteiger partial charge in [0.15, 0.2) is 5.13 Å². The number of fused-ring (bicyclic) bond motifs is 1. The van der Waals surface area contributed by atoms with Crippen molar-refractivity contribution in [1.82, 2.24) is 4.98 Å². The molecule has 1 heterocycles. The van der Waals surface area contributed by atoms with Gasteiger partial charge in [-0.15, -0.1) is 11.3 Å². The third kappa shape index (κ3) is 2.95. The summed E-state index contributed by atoms with van der Waals surface area (Å²) in [5, 5.41) is 12.7. The number of thiazole rings is 1. The zero-order valence-electron chi connectivity index (χ0n) is 12.1. The largest absolute Gasteiger partial charge is 0.481 e. The van der Waals surface area contributed by atoms with Gasteiger partial charge in [0.1, 0.15) is 0 Å². The predicted octanol–water partition coefficient (Wildman–Crippen LogP) is 2.71. The molecule has 2 aliphatic carbocycles. The molecule has 1 aromatic heterocycles. The number of aromatic nitrogens is 1. The minimum Gasteiger partial charge on any atom is -0.481 e. The Balaban J connectivity index is 1.71. The second kappa shape index (κ2) is 5.75. The van der Waals surface area contributed by atoms with Gasteiger partial charge in [0, 0.05) is 4.88 Å². The Morgan fingerprint density at radius 2 is 1.95 bits per heavy atom. The van der Waals surface area contributed by atoms with Crippen LogP contribution in [0.25, 0.3) is 0 Å². The highest BCUT2D eigenvalue weighted by molar-refractivity contribution is 7.15. The Morgan fingerprint density at radius 1 is 1.24 bits per heavy atom. The van der Waals surface area contributed by atoms with Gasteiger partial charge in [-0.3, -0.25) is 9.59 Å². The summed E-state index contributed by atoms with van der Waals surface area (Å²) in [6, 6.07) is 0. The molecule has 1 saturated carbocycles. The Labute approximate surface area is 127 Å². The fourth-order valence-electron chi connectivity index (χ4n) is 3.46. The highest BCUT2D eigenvalue weighted by Gasteiger charge is 2.41. The summed E-state index contributed by atoms with van der Waals surface area (Å²) in [5.74, 6) is -1.75. The van der Waals surface area contributed by atoms with Crippen molar-refractivity contribution in [2.24, 2.45) is 17.8 Å². The Bertz CT molecular complexity index is 546. The van der Waals surface area contributed by atoms with Gasteiger partial charge >= 0.3 is 5.97 Å². The minimum atomic E-state index is -0.863. The number of rotatable bonds is 3. The van der Waals surface area contributed by atoms with E-state index < -0.39 is 17.8 Å². The monoisotopic (exact) mass is 308 g/mol. The van der Waals surface area contributed by atoms with Crippen molar-refractivity contribution in [1.29, 1.82) is 0 Å². The van der Waals surface area contributed by atoms with E-state index in [4.69, 9.17) is 0 Å². The summed E-state index contributed by atoms with van der Waals surface area (Å²) in [6.07, 6.45) is 5.60. The van der Waals surface area contributed by atoms with E-state index in [-0.39, 0.29) is 11.8 Å². The molecule has 6 heteroatoms. The Kier molecular flexibility index (Phi) is 3.97. The van der Waals surface area contributed by atoms with Crippen molar-refractivity contribution in [3.63, 3.8) is 0 Å². The molecule has 5 nitrogen and oxygen atoms in total. The zero-order chi connectivity index (χ0) is 15.0. The fourth-order valence-corrected chi connectivity index (χ4v) is 4.51. The van der Waals surface area contributed by atoms with E-state index in [0.29, 0.717) is 18.0 Å². The summed E-state index contributed by atoms with van der Waals surface area (Å²) in [5.41, 5.74) is 1.11. The maximum atomic E-state index is 12.4. The van der Waals surface area contributed by atoms with E-state index in [2.05, 4.69) is 10.3 Å². The van der Waals surface area contributed by atoms with Crippen LogP contribution in [0.1, 0.15) is 43.2 Å². The normalized spacial score (nSPS) is 28.1. The molecule has 0 spiro atoms. The molecule has 114 valence electrons. The van der Waals surface area contributed by atoms with Crippen molar-refractivity contribution >= 4 is 28.3 Å². The number of amides is 1. The first-order chi connectivity index (χ1) is 10.0. The Hall–Kier alpha value is -1.43. The number of anilines is 1. The van der Waals surface area contributed by atoms with Crippen LogP contribution in [0.5, 0.6) is 0 Å². The lowest BCUT2D eigenvalue weighted by atomic mass is 9.95. The average Bonchev–Trinajstić information content (AvgIpc) is 3.01. The lowest BCUT2D eigenvalue weighted by molar-refractivity contribution is -0.145. The molecule has 3 atom stereocenters. The minimum absolute atomic E-state index is 0.183. The van der Waals surface area contributed by atoms with Crippen molar-refractivity contribution in [3.05, 3.63) is 10.6 Å². The van der Waals surface area contributed by atoms with Crippen LogP contribution in [-0.2, 0) is 22.4 Å². The zero-order valence-corrected chi connectivity index (χ0v) is 12.9. The van der Waals surface area contributed by atoms with E-state index in [9.17, 15) is 14.7 Å². The number of aliphatic carboxylic acids is 1. The molecular weight excluding hydrogens is 288 g/mol. The maximum absolute atomic E-state index is 12.4. The molecule has 21 heavy (non-hydrogen) atoms. The second-order valence-electron chi connectivity index (χ2n) is 6.21. The van der Waals surface area contributed by atoms with Gasteiger partial charge in [-0.05, 0) is 44.4 Å². The molecule has 1 aromatic rings. The van der Waals surface area contributed by atoms with E-state index in [1.807, 2.05) is 6.92 Å². The van der Waals surface area contributed by atoms with Crippen LogP contribution in [0.3, 0.4) is 0 Å². The van der Waals surface area contributed by atoms with Crippen LogP contribution in [0.15, 0.2) is 0 Å². The van der Waals surface area contributed by atoms with Crippen LogP contribution in [0, 0.1) is 17.8 Å². The summed E-state index contributed by atoms with van der Waals surface area (Å²) in [7, 11) is 0. The first-order valence-corrected chi connectivity index (χ1v) is 8.38. The van der Waals surface area contributed by atoms with Crippen LogP contribution in [0.2, 0.25) is 0 Å². The number of nitrogens with one attached hydrogen (secondary N) is 1. The van der Waals surface area contributed by atoms with Gasteiger partial charge in [-0.2, -0.15) is 0 Å². The Morgan fingerprint density at radius 3 is 2.67 bits per heavy atom. The quantitative estimate of drug-likeness (QED) is 0.900. The molecule has 0 aliphatic heterocycles. The van der Waals surface area contributed by atoms with Gasteiger partial charge in [0.2, 0.25) is 5.91 Å². The van der Waals surface area contributed by atoms with Crippen molar-refractivity contribution in [2.75, 3.05) is 5.32 Å². The number of carboxylic acids is 1. The molecule has 3 rings (SSSR count). The second-order valence-corrected chi connectivity index (χ2v) is 7.30. The van der Waals surface area contributed by atoms with E-state index in [0.717, 1.165) is 25.0 Å². The van der Waals surface area contributed by atoms with Gasteiger partial charge in [-0.25, -0.2) is 4.98 Å². The number of carbonyl (C=O) groups is 2. The highest BCUT2D eigenvalue weighted by Crippen LogP contribution is 2.37. The molecule has 2 aliphatic rings. The molecule has 0 bridgehead atoms. The standard InChI is InChI=1S/C15H20N2O3S/c1-8-6-9(10(7-8)14(19)20)13(18)17-15-16-11-4-2-3-5-12(11)21-15/h8-10H,2-7H2,1H3,(H,19,20)(H,16,17,18). The van der Waals surface area contributed by atoms with Crippen LogP contribution >= 0.6 is 11.3 Å². The van der Waals surface area contributed by atoms with Crippen molar-refractivity contribution < 1.29 is 14.7 Å². The third-order valence-corrected chi connectivity index (χ3v) is 5.60. The van der Waals surface area contributed by atoms with Gasteiger partial charge < -0.3 is 10.4 Å². The SMILES string of the molecule is CC1CC(C(=O)O)C(C(=O)Nc2nc3c(s2)CCCC3)C1. The molecule has 0 aromatic carbocycles. The topological polar surface area (TPSA) is 79.3 Å². The predicted molar refractivity (Wildman–Crippen MR) is 80.4 cm³/mol. The van der Waals surface area contributed by atoms with Crippen LogP contribution < -0.4 is 5.32 Å². The van der Waals surface area contributed by atoms with E-state index in [1.54, 1.807) is 11.3 Å². The maximum Gasteiger partial charge on any atom is 0.307 e. The molecular formula is C15H20N2O3S. The molecule has 2 N–H and O–H groups in total. The first kappa shape index (κ1) is 14.5. The summed E-state index contributed by atoms with van der Waals surface area (Å²) < 4.78 is 0. The number of nitrogens with zero attached hydrogens (tertiary/aromatic N) is 1. The fraction of sp³-hybridized carbons (Fsp3) is 0.667. The van der Waals surface area contributed by atoms with Crippen LogP contribution in [-0.4, -0.2) is 22.0 Å². The molecule has 0 radical (unpaired) electrons. The number of hydrogen-bond donors (Lipinski definition) is 2. The number of carboxylic acid groups (broad SMARTS) is 1. The van der Waals surface area contributed by atoms with Crippen molar-refractivity contribution in [2.45, 2.75) is 45.4 Å². The average molecular weight is 308 g/mol. The van der Waals surface area contributed by atoms with Gasteiger partial charge in [-0.1, -0.05) is 6.92 Å². The van der Waals surface area contributed by atoms with Crippen LogP contribution in [0.4, 0.5) is 5.13 Å². The van der Waals surface area contributed by atoms with E-state index >= 15 is 0 Å². The molecule has 1 amide bonds. The lowest BCUT2D eigenvalue weighted by Crippen LogP contribution is -2.29. The number of hydrogen-bond acceptors (Lipinski definition) is 4. The number of aryl methyl sites for hydroxylation is 2. The molecule has 3 unspecified atom stereocenters. The number of carbonyl (C=O) groups excluding carboxylic acids is 1. The summed E-state index contributed by atoms with van der Waals surface area (Å²) in [6.45, 7) is 2.01. The third-order valence-electron chi connectivity index (χ3n) is 4.53. The summed E-state index contributed by atoms with van der Waals surface area (Å²) >= 11 is 1.54. The van der Waals surface area contributed by atoms with Gasteiger partial charge in [0.25, 0.3) is 0 Å². The lowest BCUT2D eigenvalue weighted by Gasteiger charge is -2.14. The highest BCUT2D eigenvalue weighted by atomic mass is 32.1. The smallest absolute Gasteiger partial charge is 0.307 e.